The summed E-state index contributed by atoms with van der Waals surface area (Å²) in [5, 5.41) is 8.87. The monoisotopic (exact) mass is 255 g/mol. The summed E-state index contributed by atoms with van der Waals surface area (Å²) >= 11 is 0. The Hall–Kier alpha value is -1.32. The number of nitrogens with zero attached hydrogens (tertiary/aromatic N) is 1. The molecule has 0 aliphatic rings. The molecule has 18 heavy (non-hydrogen) atoms. The molecule has 0 aliphatic carbocycles. The van der Waals surface area contributed by atoms with Gasteiger partial charge in [-0.25, -0.2) is 0 Å². The Labute approximate surface area is 110 Å². The highest BCUT2D eigenvalue weighted by atomic mass is 16.4. The summed E-state index contributed by atoms with van der Waals surface area (Å²) in [7, 11) is 0. The van der Waals surface area contributed by atoms with E-state index in [1.165, 1.54) is 0 Å². The van der Waals surface area contributed by atoms with Gasteiger partial charge in [-0.3, -0.25) is 9.59 Å². The second kappa shape index (κ2) is 6.57. The Morgan fingerprint density at radius 1 is 1.33 bits per heavy atom. The van der Waals surface area contributed by atoms with E-state index in [9.17, 15) is 9.59 Å². The van der Waals surface area contributed by atoms with Crippen LogP contribution in [0.1, 0.15) is 41.5 Å². The van der Waals surface area contributed by atoms with E-state index in [4.69, 9.17) is 5.11 Å². The largest absolute Gasteiger partial charge is 0.481 e. The predicted octanol–water partition coefficient (Wildman–Crippen LogP) is 2.55. The molecule has 0 spiro atoms. The molecule has 1 amide bonds. The number of allylic oxidation sites excluding steroid dienone is 1. The zero-order valence-electron chi connectivity index (χ0n) is 12.3. The van der Waals surface area contributed by atoms with Crippen molar-refractivity contribution in [3.05, 3.63) is 11.6 Å². The molecule has 0 saturated carbocycles. The standard InChI is InChI=1S/C14H25NO3/c1-7-15(9-10(2)13(17)18)12(16)8-11(3)14(4,5)6/h8,10H,7,9H2,1-6H3,(H,17,18)/b11-8+. The van der Waals surface area contributed by atoms with Crippen molar-refractivity contribution in [2.45, 2.75) is 41.5 Å². The Kier molecular flexibility index (Phi) is 6.09. The molecule has 0 fully saturated rings. The van der Waals surface area contributed by atoms with Crippen molar-refractivity contribution in [3.63, 3.8) is 0 Å². The first-order chi connectivity index (χ1) is 8.09. The van der Waals surface area contributed by atoms with Gasteiger partial charge in [-0.15, -0.1) is 0 Å². The lowest BCUT2D eigenvalue weighted by molar-refractivity contribution is -0.142. The Bertz CT molecular complexity index is 339. The molecule has 0 heterocycles. The number of carboxylic acids is 1. The summed E-state index contributed by atoms with van der Waals surface area (Å²) < 4.78 is 0. The third-order valence-electron chi connectivity index (χ3n) is 3.13. The molecule has 1 atom stereocenters. The van der Waals surface area contributed by atoms with Gasteiger partial charge in [0.15, 0.2) is 0 Å². The lowest BCUT2D eigenvalue weighted by atomic mass is 9.87. The van der Waals surface area contributed by atoms with Gasteiger partial charge in [-0.05, 0) is 19.3 Å². The summed E-state index contributed by atoms with van der Waals surface area (Å²) in [5.41, 5.74) is 0.946. The number of carbonyl (C=O) groups excluding carboxylic acids is 1. The molecule has 0 radical (unpaired) electrons. The minimum Gasteiger partial charge on any atom is -0.481 e. The lowest BCUT2D eigenvalue weighted by Gasteiger charge is -2.24. The summed E-state index contributed by atoms with van der Waals surface area (Å²) in [4.78, 5) is 24.4. The normalized spacial score (nSPS) is 14.2. The Morgan fingerprint density at radius 3 is 2.17 bits per heavy atom. The number of amides is 1. The van der Waals surface area contributed by atoms with Crippen molar-refractivity contribution < 1.29 is 14.7 Å². The van der Waals surface area contributed by atoms with Crippen LogP contribution in [-0.4, -0.2) is 35.0 Å². The first-order valence-electron chi connectivity index (χ1n) is 6.30. The molecule has 0 aliphatic heterocycles. The summed E-state index contributed by atoms with van der Waals surface area (Å²) in [5.74, 6) is -1.53. The summed E-state index contributed by atoms with van der Waals surface area (Å²) in [6, 6.07) is 0. The van der Waals surface area contributed by atoms with E-state index in [0.29, 0.717) is 6.54 Å². The highest BCUT2D eigenvalue weighted by Crippen LogP contribution is 2.24. The molecule has 0 aromatic rings. The fourth-order valence-corrected chi connectivity index (χ4v) is 1.28. The number of rotatable bonds is 5. The molecule has 1 unspecified atom stereocenters. The zero-order chi connectivity index (χ0) is 14.5. The van der Waals surface area contributed by atoms with E-state index in [1.54, 1.807) is 17.9 Å². The van der Waals surface area contributed by atoms with Gasteiger partial charge in [0.2, 0.25) is 5.91 Å². The van der Waals surface area contributed by atoms with Crippen LogP contribution in [0.3, 0.4) is 0 Å². The minimum atomic E-state index is -0.877. The van der Waals surface area contributed by atoms with Crippen LogP contribution in [-0.2, 0) is 9.59 Å². The van der Waals surface area contributed by atoms with Crippen LogP contribution in [0.5, 0.6) is 0 Å². The molecular weight excluding hydrogens is 230 g/mol. The maximum atomic E-state index is 12.0. The van der Waals surface area contributed by atoms with Crippen molar-refractivity contribution in [2.24, 2.45) is 11.3 Å². The number of hydrogen-bond donors (Lipinski definition) is 1. The van der Waals surface area contributed by atoms with Gasteiger partial charge in [0.05, 0.1) is 5.92 Å². The molecule has 0 bridgehead atoms. The molecule has 0 rings (SSSR count). The van der Waals surface area contributed by atoms with E-state index >= 15 is 0 Å². The summed E-state index contributed by atoms with van der Waals surface area (Å²) in [6.45, 7) is 12.3. The van der Waals surface area contributed by atoms with Crippen molar-refractivity contribution in [2.75, 3.05) is 13.1 Å². The topological polar surface area (TPSA) is 57.6 Å². The fourth-order valence-electron chi connectivity index (χ4n) is 1.28. The van der Waals surface area contributed by atoms with Crippen molar-refractivity contribution >= 4 is 11.9 Å². The van der Waals surface area contributed by atoms with Crippen LogP contribution >= 0.6 is 0 Å². The maximum absolute atomic E-state index is 12.0. The van der Waals surface area contributed by atoms with E-state index in [2.05, 4.69) is 0 Å². The van der Waals surface area contributed by atoms with Crippen molar-refractivity contribution in [3.8, 4) is 0 Å². The number of carboxylic acid groups (broad SMARTS) is 1. The van der Waals surface area contributed by atoms with Gasteiger partial charge in [0.1, 0.15) is 0 Å². The SMILES string of the molecule is CCN(CC(C)C(=O)O)C(=O)/C=C(\C)C(C)(C)C. The van der Waals surface area contributed by atoms with Gasteiger partial charge in [0.25, 0.3) is 0 Å². The molecule has 104 valence electrons. The molecule has 4 nitrogen and oxygen atoms in total. The third-order valence-corrected chi connectivity index (χ3v) is 3.13. The van der Waals surface area contributed by atoms with Gasteiger partial charge in [-0.1, -0.05) is 33.3 Å². The average Bonchev–Trinajstić information content (AvgIpc) is 2.23. The quantitative estimate of drug-likeness (QED) is 0.768. The highest BCUT2D eigenvalue weighted by Gasteiger charge is 2.20. The average molecular weight is 255 g/mol. The molecular formula is C14H25NO3. The predicted molar refractivity (Wildman–Crippen MR) is 72.3 cm³/mol. The third kappa shape index (κ3) is 5.34. The second-order valence-electron chi connectivity index (χ2n) is 5.69. The van der Waals surface area contributed by atoms with E-state index < -0.39 is 11.9 Å². The zero-order valence-corrected chi connectivity index (χ0v) is 12.3. The van der Waals surface area contributed by atoms with E-state index in [0.717, 1.165) is 5.57 Å². The molecule has 0 aromatic carbocycles. The number of aliphatic carboxylic acids is 1. The first-order valence-corrected chi connectivity index (χ1v) is 6.30. The maximum Gasteiger partial charge on any atom is 0.308 e. The molecule has 4 heteroatoms. The van der Waals surface area contributed by atoms with E-state index in [-0.39, 0.29) is 17.9 Å². The minimum absolute atomic E-state index is 0.0481. The van der Waals surface area contributed by atoms with Crippen LogP contribution in [0, 0.1) is 11.3 Å². The second-order valence-corrected chi connectivity index (χ2v) is 5.69. The van der Waals surface area contributed by atoms with Crippen LogP contribution in [0.25, 0.3) is 0 Å². The van der Waals surface area contributed by atoms with Gasteiger partial charge < -0.3 is 10.0 Å². The summed E-state index contributed by atoms with van der Waals surface area (Å²) in [6.07, 6.45) is 1.61. The highest BCUT2D eigenvalue weighted by molar-refractivity contribution is 5.88. The number of carbonyl (C=O) groups is 2. The van der Waals surface area contributed by atoms with Gasteiger partial charge in [-0.2, -0.15) is 0 Å². The molecule has 0 aromatic heterocycles. The number of likely N-dealkylation sites (N-methyl/N-ethyl adjacent to an activating group) is 1. The smallest absolute Gasteiger partial charge is 0.308 e. The Morgan fingerprint density at radius 2 is 1.83 bits per heavy atom. The van der Waals surface area contributed by atoms with Crippen molar-refractivity contribution in [1.29, 1.82) is 0 Å². The van der Waals surface area contributed by atoms with Crippen LogP contribution in [0.15, 0.2) is 11.6 Å². The Balaban J connectivity index is 4.79. The lowest BCUT2D eigenvalue weighted by Crippen LogP contribution is -2.36. The van der Waals surface area contributed by atoms with Crippen LogP contribution in [0.4, 0.5) is 0 Å². The fraction of sp³-hybridized carbons (Fsp3) is 0.714. The first kappa shape index (κ1) is 16.7. The van der Waals surface area contributed by atoms with Crippen molar-refractivity contribution in [1.82, 2.24) is 4.90 Å². The van der Waals surface area contributed by atoms with Crippen LogP contribution in [0.2, 0.25) is 0 Å². The molecule has 0 saturated heterocycles. The van der Waals surface area contributed by atoms with Crippen LogP contribution < -0.4 is 0 Å². The van der Waals surface area contributed by atoms with Gasteiger partial charge in [0, 0.05) is 19.2 Å². The number of hydrogen-bond acceptors (Lipinski definition) is 2. The van der Waals surface area contributed by atoms with E-state index in [1.807, 2.05) is 34.6 Å². The van der Waals surface area contributed by atoms with Gasteiger partial charge >= 0.3 is 5.97 Å². The molecule has 1 N–H and O–H groups in total.